The van der Waals surface area contributed by atoms with Crippen LogP contribution < -0.4 is 0 Å². The van der Waals surface area contributed by atoms with Gasteiger partial charge in [-0.15, -0.1) is 0 Å². The van der Waals surface area contributed by atoms with Crippen LogP contribution in [0.15, 0.2) is 53.1 Å². The number of rotatable bonds is 6. The first kappa shape index (κ1) is 17.8. The lowest BCUT2D eigenvalue weighted by Gasteiger charge is -2.04. The molecule has 1 aliphatic rings. The second-order valence-corrected chi connectivity index (χ2v) is 7.50. The molecule has 3 heteroatoms. The third-order valence-electron chi connectivity index (χ3n) is 4.42. The van der Waals surface area contributed by atoms with E-state index in [-0.39, 0.29) is 29.8 Å². The van der Waals surface area contributed by atoms with Crippen LogP contribution in [0.2, 0.25) is 0 Å². The van der Waals surface area contributed by atoms with Crippen molar-refractivity contribution in [2.75, 3.05) is 6.61 Å². The first-order chi connectivity index (χ1) is 10.8. The van der Waals surface area contributed by atoms with Gasteiger partial charge in [-0.3, -0.25) is 4.79 Å². The van der Waals surface area contributed by atoms with E-state index < -0.39 is 0 Å². The molecule has 0 bridgehead atoms. The maximum Gasteiger partial charge on any atom is 0.310 e. The van der Waals surface area contributed by atoms with E-state index in [1.807, 2.05) is 30.3 Å². The van der Waals surface area contributed by atoms with Crippen LogP contribution in [0.3, 0.4) is 0 Å². The molecule has 1 aromatic carbocycles. The molecule has 2 atom stereocenters. The molecular formula is C20H25ClO2. The van der Waals surface area contributed by atoms with E-state index in [1.54, 1.807) is 6.08 Å². The lowest BCUT2D eigenvalue weighted by atomic mass is 10.1. The molecule has 1 fully saturated rings. The maximum absolute atomic E-state index is 12.2. The normalized spacial score (nSPS) is 22.4. The fourth-order valence-electron chi connectivity index (χ4n) is 2.97. The van der Waals surface area contributed by atoms with Gasteiger partial charge >= 0.3 is 5.97 Å². The molecule has 0 N–H and O–H groups in total. The zero-order chi connectivity index (χ0) is 17.0. The molecule has 0 heterocycles. The number of allylic oxidation sites excluding steroid dienone is 3. The molecule has 0 saturated heterocycles. The zero-order valence-electron chi connectivity index (χ0n) is 14.3. The van der Waals surface area contributed by atoms with E-state index in [2.05, 4.69) is 33.8 Å². The van der Waals surface area contributed by atoms with E-state index in [0.29, 0.717) is 11.5 Å². The van der Waals surface area contributed by atoms with Gasteiger partial charge in [0.25, 0.3) is 0 Å². The van der Waals surface area contributed by atoms with Crippen molar-refractivity contribution in [2.24, 2.45) is 17.3 Å². The molecule has 1 aromatic rings. The van der Waals surface area contributed by atoms with E-state index in [4.69, 9.17) is 16.3 Å². The summed E-state index contributed by atoms with van der Waals surface area (Å²) in [4.78, 5) is 12.2. The Morgan fingerprint density at radius 1 is 1.26 bits per heavy atom. The Kier molecular flexibility index (Phi) is 5.69. The quantitative estimate of drug-likeness (QED) is 0.533. The second-order valence-electron chi connectivity index (χ2n) is 7.01. The highest BCUT2D eigenvalue weighted by atomic mass is 35.5. The summed E-state index contributed by atoms with van der Waals surface area (Å²) >= 11 is 6.21. The molecule has 0 radical (unpaired) electrons. The molecule has 2 unspecified atom stereocenters. The number of ether oxygens (including phenoxy) is 1. The number of esters is 1. The largest absolute Gasteiger partial charge is 0.461 e. The fourth-order valence-corrected chi connectivity index (χ4v) is 3.18. The molecule has 0 aromatic heterocycles. The number of carbonyl (C=O) groups is 1. The van der Waals surface area contributed by atoms with E-state index in [0.717, 1.165) is 5.56 Å². The summed E-state index contributed by atoms with van der Waals surface area (Å²) in [5.41, 5.74) is 2.38. The van der Waals surface area contributed by atoms with Gasteiger partial charge in [0.1, 0.15) is 6.61 Å². The van der Waals surface area contributed by atoms with Crippen LogP contribution in [0.5, 0.6) is 0 Å². The van der Waals surface area contributed by atoms with Crippen molar-refractivity contribution in [1.29, 1.82) is 0 Å². The molecule has 0 spiro atoms. The van der Waals surface area contributed by atoms with Gasteiger partial charge in [-0.05, 0) is 36.8 Å². The highest BCUT2D eigenvalue weighted by Gasteiger charge is 2.61. The van der Waals surface area contributed by atoms with Gasteiger partial charge in [0.05, 0.1) is 5.92 Å². The highest BCUT2D eigenvalue weighted by Crippen LogP contribution is 2.59. The molecule has 2 rings (SSSR count). The van der Waals surface area contributed by atoms with Gasteiger partial charge < -0.3 is 4.74 Å². The summed E-state index contributed by atoms with van der Waals surface area (Å²) in [6.45, 7) is 8.58. The lowest BCUT2D eigenvalue weighted by molar-refractivity contribution is -0.144. The Balaban J connectivity index is 1.83. The summed E-state index contributed by atoms with van der Waals surface area (Å²) in [6, 6.07) is 10.00. The summed E-state index contributed by atoms with van der Waals surface area (Å²) in [7, 11) is 0. The van der Waals surface area contributed by atoms with Crippen LogP contribution >= 0.6 is 11.6 Å². The average Bonchev–Trinajstić information content (AvgIpc) is 3.00. The van der Waals surface area contributed by atoms with Crippen molar-refractivity contribution < 1.29 is 9.53 Å². The third-order valence-corrected chi connectivity index (χ3v) is 4.71. The third kappa shape index (κ3) is 4.71. The Hall–Kier alpha value is -1.54. The Morgan fingerprint density at radius 2 is 1.91 bits per heavy atom. The summed E-state index contributed by atoms with van der Waals surface area (Å²) < 4.78 is 5.39. The Morgan fingerprint density at radius 3 is 2.52 bits per heavy atom. The number of carbonyl (C=O) groups excluding carboxylic acids is 1. The van der Waals surface area contributed by atoms with E-state index in [1.165, 1.54) is 5.57 Å². The minimum atomic E-state index is -0.127. The van der Waals surface area contributed by atoms with Crippen LogP contribution in [0, 0.1) is 17.3 Å². The Bertz CT molecular complexity index is 610. The fraction of sp³-hybridized carbons (Fsp3) is 0.450. The molecule has 124 valence electrons. The van der Waals surface area contributed by atoms with Gasteiger partial charge in [0, 0.05) is 11.5 Å². The molecule has 1 aliphatic carbocycles. The number of benzene rings is 1. The molecule has 0 amide bonds. The van der Waals surface area contributed by atoms with Crippen LogP contribution in [-0.4, -0.2) is 12.6 Å². The van der Waals surface area contributed by atoms with Crippen LogP contribution in [0.4, 0.5) is 0 Å². The minimum absolute atomic E-state index is 0.00803. The standard InChI is InChI=1S/C20H25ClO2/c1-14(2)12-17-18(20(17,3)4)19(22)23-11-10-16(21)13-15-8-6-5-7-9-15/h5-10,12,17-18H,11,13H2,1-4H3/b16-10-. The number of hydrogen-bond donors (Lipinski definition) is 0. The molecule has 2 nitrogen and oxygen atoms in total. The van der Waals surface area contributed by atoms with Gasteiger partial charge in [-0.1, -0.05) is 67.4 Å². The van der Waals surface area contributed by atoms with E-state index in [9.17, 15) is 4.79 Å². The predicted molar refractivity (Wildman–Crippen MR) is 95.2 cm³/mol. The summed E-state index contributed by atoms with van der Waals surface area (Å²) in [5.74, 6) is 0.111. The SMILES string of the molecule is CC(C)=CC1C(C(=O)OC/C=C(\Cl)Cc2ccccc2)C1(C)C. The van der Waals surface area contributed by atoms with Crippen molar-refractivity contribution in [1.82, 2.24) is 0 Å². The maximum atomic E-state index is 12.2. The zero-order valence-corrected chi connectivity index (χ0v) is 15.1. The number of halogens is 1. The van der Waals surface area contributed by atoms with Crippen molar-refractivity contribution >= 4 is 17.6 Å². The van der Waals surface area contributed by atoms with Crippen LogP contribution in [-0.2, 0) is 16.0 Å². The minimum Gasteiger partial charge on any atom is -0.461 e. The monoisotopic (exact) mass is 332 g/mol. The van der Waals surface area contributed by atoms with Crippen molar-refractivity contribution in [2.45, 2.75) is 34.1 Å². The van der Waals surface area contributed by atoms with Gasteiger partial charge in [-0.2, -0.15) is 0 Å². The molecular weight excluding hydrogens is 308 g/mol. The van der Waals surface area contributed by atoms with Crippen molar-refractivity contribution in [3.05, 3.63) is 58.7 Å². The topological polar surface area (TPSA) is 26.3 Å². The number of hydrogen-bond acceptors (Lipinski definition) is 2. The first-order valence-corrected chi connectivity index (χ1v) is 8.40. The molecule has 0 aliphatic heterocycles. The smallest absolute Gasteiger partial charge is 0.310 e. The molecule has 23 heavy (non-hydrogen) atoms. The van der Waals surface area contributed by atoms with Gasteiger partial charge in [0.15, 0.2) is 0 Å². The van der Waals surface area contributed by atoms with Gasteiger partial charge in [0.2, 0.25) is 0 Å². The van der Waals surface area contributed by atoms with Crippen LogP contribution in [0.25, 0.3) is 0 Å². The van der Waals surface area contributed by atoms with Crippen LogP contribution in [0.1, 0.15) is 33.3 Å². The van der Waals surface area contributed by atoms with Crippen molar-refractivity contribution in [3.63, 3.8) is 0 Å². The summed E-state index contributed by atoms with van der Waals surface area (Å²) in [5, 5.41) is 0.694. The second kappa shape index (κ2) is 7.35. The Labute approximate surface area is 144 Å². The van der Waals surface area contributed by atoms with E-state index >= 15 is 0 Å². The summed E-state index contributed by atoms with van der Waals surface area (Å²) in [6.07, 6.45) is 4.61. The first-order valence-electron chi connectivity index (χ1n) is 8.02. The average molecular weight is 333 g/mol. The van der Waals surface area contributed by atoms with Gasteiger partial charge in [-0.25, -0.2) is 0 Å². The molecule has 1 saturated carbocycles. The lowest BCUT2D eigenvalue weighted by Crippen LogP contribution is -2.11. The predicted octanol–water partition coefficient (Wildman–Crippen LogP) is 5.13. The van der Waals surface area contributed by atoms with Crippen molar-refractivity contribution in [3.8, 4) is 0 Å². The highest BCUT2D eigenvalue weighted by molar-refractivity contribution is 6.29.